The van der Waals surface area contributed by atoms with Gasteiger partial charge in [-0.3, -0.25) is 0 Å². The van der Waals surface area contributed by atoms with Gasteiger partial charge < -0.3 is 10.1 Å². The fourth-order valence-corrected chi connectivity index (χ4v) is 2.37. The molecule has 6 heteroatoms. The first kappa shape index (κ1) is 15.1. The van der Waals surface area contributed by atoms with Crippen molar-refractivity contribution in [2.24, 2.45) is 0 Å². The van der Waals surface area contributed by atoms with Crippen LogP contribution in [0.25, 0.3) is 0 Å². The lowest BCUT2D eigenvalue weighted by atomic mass is 10.3. The molecule has 106 valence electrons. The van der Waals surface area contributed by atoms with Gasteiger partial charge >= 0.3 is 0 Å². The second-order valence-corrected chi connectivity index (χ2v) is 5.53. The summed E-state index contributed by atoms with van der Waals surface area (Å²) < 4.78 is 6.55. The van der Waals surface area contributed by atoms with Crippen LogP contribution in [0, 0.1) is 6.92 Å². The van der Waals surface area contributed by atoms with Crippen LogP contribution in [0.3, 0.4) is 0 Å². The van der Waals surface area contributed by atoms with Crippen molar-refractivity contribution in [1.82, 2.24) is 9.97 Å². The normalized spacial score (nSPS) is 10.4. The molecule has 2 rings (SSSR count). The standard InChI is InChI=1S/C14H15BrClN3O/c1-3-6-17-13-8-14(19-9(2)18-13)20-12-5-4-10(16)7-11(12)15/h4-5,7-8H,3,6H2,1-2H3,(H,17,18,19). The van der Waals surface area contributed by atoms with Crippen LogP contribution in [0.15, 0.2) is 28.7 Å². The van der Waals surface area contributed by atoms with E-state index in [2.05, 4.69) is 38.1 Å². The molecule has 1 N–H and O–H groups in total. The first-order valence-corrected chi connectivity index (χ1v) is 7.48. The summed E-state index contributed by atoms with van der Waals surface area (Å²) in [6, 6.07) is 7.12. The lowest BCUT2D eigenvalue weighted by Gasteiger charge is -2.10. The second kappa shape index (κ2) is 6.90. The lowest BCUT2D eigenvalue weighted by molar-refractivity contribution is 0.457. The zero-order chi connectivity index (χ0) is 14.5. The molecule has 1 aromatic carbocycles. The van der Waals surface area contributed by atoms with Gasteiger partial charge in [-0.25, -0.2) is 4.98 Å². The van der Waals surface area contributed by atoms with Gasteiger partial charge in [0.05, 0.1) is 4.47 Å². The molecular formula is C14H15BrClN3O. The van der Waals surface area contributed by atoms with Gasteiger partial charge in [0.2, 0.25) is 5.88 Å². The Morgan fingerprint density at radius 2 is 2.10 bits per heavy atom. The van der Waals surface area contributed by atoms with Crippen LogP contribution < -0.4 is 10.1 Å². The number of nitrogens with zero attached hydrogens (tertiary/aromatic N) is 2. The molecule has 0 aliphatic carbocycles. The largest absolute Gasteiger partial charge is 0.438 e. The highest BCUT2D eigenvalue weighted by molar-refractivity contribution is 9.10. The molecule has 1 aromatic heterocycles. The van der Waals surface area contributed by atoms with Gasteiger partial charge in [0.25, 0.3) is 0 Å². The predicted octanol–water partition coefficient (Wildman–Crippen LogP) is 4.82. The minimum absolute atomic E-state index is 0.499. The van der Waals surface area contributed by atoms with Crippen LogP contribution in [0.2, 0.25) is 5.02 Å². The Kier molecular flexibility index (Phi) is 5.20. The van der Waals surface area contributed by atoms with E-state index in [9.17, 15) is 0 Å². The zero-order valence-electron chi connectivity index (χ0n) is 11.3. The molecule has 0 aliphatic heterocycles. The Balaban J connectivity index is 2.21. The number of anilines is 1. The molecule has 0 saturated carbocycles. The van der Waals surface area contributed by atoms with E-state index < -0.39 is 0 Å². The highest BCUT2D eigenvalue weighted by atomic mass is 79.9. The number of benzene rings is 1. The highest BCUT2D eigenvalue weighted by Crippen LogP contribution is 2.31. The third-order valence-corrected chi connectivity index (χ3v) is 3.33. The number of nitrogens with one attached hydrogen (secondary N) is 1. The molecule has 0 saturated heterocycles. The van der Waals surface area contributed by atoms with Crippen molar-refractivity contribution in [3.8, 4) is 11.6 Å². The Labute approximate surface area is 131 Å². The molecule has 0 aliphatic rings. The molecule has 20 heavy (non-hydrogen) atoms. The SMILES string of the molecule is CCCNc1cc(Oc2ccc(Cl)cc2Br)nc(C)n1. The monoisotopic (exact) mass is 355 g/mol. The van der Waals surface area contributed by atoms with Gasteiger partial charge in [-0.1, -0.05) is 18.5 Å². The molecule has 0 bridgehead atoms. The van der Waals surface area contributed by atoms with Gasteiger partial charge in [-0.15, -0.1) is 0 Å². The van der Waals surface area contributed by atoms with Crippen LogP contribution in [-0.4, -0.2) is 16.5 Å². The molecule has 0 spiro atoms. The van der Waals surface area contributed by atoms with Crippen LogP contribution in [0.4, 0.5) is 5.82 Å². The van der Waals surface area contributed by atoms with Gasteiger partial charge in [0.1, 0.15) is 17.4 Å². The average Bonchev–Trinajstić information content (AvgIpc) is 2.39. The van der Waals surface area contributed by atoms with E-state index in [1.807, 2.05) is 6.92 Å². The summed E-state index contributed by atoms with van der Waals surface area (Å²) in [4.78, 5) is 8.59. The molecule has 0 fully saturated rings. The van der Waals surface area contributed by atoms with Gasteiger partial charge in [-0.05, 0) is 47.5 Å². The molecule has 2 aromatic rings. The Bertz CT molecular complexity index is 607. The third kappa shape index (κ3) is 4.08. The van der Waals surface area contributed by atoms with Crippen LogP contribution >= 0.6 is 27.5 Å². The summed E-state index contributed by atoms with van der Waals surface area (Å²) in [7, 11) is 0. The summed E-state index contributed by atoms with van der Waals surface area (Å²) in [6.45, 7) is 4.80. The van der Waals surface area contributed by atoms with Crippen molar-refractivity contribution in [3.63, 3.8) is 0 Å². The fraction of sp³-hybridized carbons (Fsp3) is 0.286. The number of aryl methyl sites for hydroxylation is 1. The smallest absolute Gasteiger partial charge is 0.224 e. The first-order valence-electron chi connectivity index (χ1n) is 6.31. The molecule has 0 amide bonds. The Morgan fingerprint density at radius 3 is 2.80 bits per heavy atom. The van der Waals surface area contributed by atoms with E-state index >= 15 is 0 Å². The van der Waals surface area contributed by atoms with Gasteiger partial charge in [0, 0.05) is 17.6 Å². The van der Waals surface area contributed by atoms with Crippen LogP contribution in [0.1, 0.15) is 19.2 Å². The van der Waals surface area contributed by atoms with E-state index in [0.29, 0.717) is 22.5 Å². The molecular weight excluding hydrogens is 342 g/mol. The van der Waals surface area contributed by atoms with Crippen molar-refractivity contribution in [3.05, 3.63) is 39.6 Å². The first-order chi connectivity index (χ1) is 9.58. The third-order valence-electron chi connectivity index (χ3n) is 2.48. The number of rotatable bonds is 5. The maximum absolute atomic E-state index is 5.91. The topological polar surface area (TPSA) is 47.0 Å². The fourth-order valence-electron chi connectivity index (χ4n) is 1.61. The number of hydrogen-bond acceptors (Lipinski definition) is 4. The van der Waals surface area contributed by atoms with E-state index in [1.165, 1.54) is 0 Å². The Morgan fingerprint density at radius 1 is 1.30 bits per heavy atom. The molecule has 4 nitrogen and oxygen atoms in total. The van der Waals surface area contributed by atoms with Crippen molar-refractivity contribution < 1.29 is 4.74 Å². The minimum Gasteiger partial charge on any atom is -0.438 e. The number of hydrogen-bond donors (Lipinski definition) is 1. The van der Waals surface area contributed by atoms with E-state index in [4.69, 9.17) is 16.3 Å². The van der Waals surface area contributed by atoms with E-state index in [-0.39, 0.29) is 0 Å². The maximum atomic E-state index is 5.91. The lowest BCUT2D eigenvalue weighted by Crippen LogP contribution is -2.04. The average molecular weight is 357 g/mol. The predicted molar refractivity (Wildman–Crippen MR) is 84.8 cm³/mol. The number of ether oxygens (including phenoxy) is 1. The van der Waals surface area contributed by atoms with E-state index in [1.54, 1.807) is 24.3 Å². The number of aromatic nitrogens is 2. The van der Waals surface area contributed by atoms with Crippen molar-refractivity contribution in [1.29, 1.82) is 0 Å². The van der Waals surface area contributed by atoms with Crippen molar-refractivity contribution in [2.75, 3.05) is 11.9 Å². The molecule has 0 unspecified atom stereocenters. The summed E-state index contributed by atoms with van der Waals surface area (Å²) >= 11 is 9.32. The zero-order valence-corrected chi connectivity index (χ0v) is 13.6. The molecule has 0 atom stereocenters. The molecule has 1 heterocycles. The quantitative estimate of drug-likeness (QED) is 0.834. The summed E-state index contributed by atoms with van der Waals surface area (Å²) in [5.41, 5.74) is 0. The van der Waals surface area contributed by atoms with Gasteiger partial charge in [0.15, 0.2) is 0 Å². The maximum Gasteiger partial charge on any atom is 0.224 e. The summed E-state index contributed by atoms with van der Waals surface area (Å²) in [5, 5.41) is 3.87. The van der Waals surface area contributed by atoms with Gasteiger partial charge in [-0.2, -0.15) is 4.98 Å². The van der Waals surface area contributed by atoms with Crippen molar-refractivity contribution >= 4 is 33.3 Å². The highest BCUT2D eigenvalue weighted by Gasteiger charge is 2.07. The summed E-state index contributed by atoms with van der Waals surface area (Å²) in [6.07, 6.45) is 1.03. The summed E-state index contributed by atoms with van der Waals surface area (Å²) in [5.74, 6) is 2.58. The number of halogens is 2. The minimum atomic E-state index is 0.499. The Hall–Kier alpha value is -1.33. The molecule has 0 radical (unpaired) electrons. The van der Waals surface area contributed by atoms with Crippen LogP contribution in [-0.2, 0) is 0 Å². The van der Waals surface area contributed by atoms with E-state index in [0.717, 1.165) is 23.3 Å². The van der Waals surface area contributed by atoms with Crippen LogP contribution in [0.5, 0.6) is 11.6 Å². The second-order valence-electron chi connectivity index (χ2n) is 4.24. The van der Waals surface area contributed by atoms with Crippen molar-refractivity contribution in [2.45, 2.75) is 20.3 Å².